The molecule has 0 saturated carbocycles. The summed E-state index contributed by atoms with van der Waals surface area (Å²) in [5.41, 5.74) is 9.90. The Morgan fingerprint density at radius 1 is 0.952 bits per heavy atom. The van der Waals surface area contributed by atoms with Gasteiger partial charge in [-0.2, -0.15) is 12.8 Å². The van der Waals surface area contributed by atoms with E-state index < -0.39 is 31.3 Å². The molecule has 1 heterocycles. The third-order valence-electron chi connectivity index (χ3n) is 7.10. The minimum atomic E-state index is -4.40. The lowest BCUT2D eigenvalue weighted by Gasteiger charge is -2.36. The Labute approximate surface area is 247 Å². The summed E-state index contributed by atoms with van der Waals surface area (Å²) >= 11 is 6.07. The van der Waals surface area contributed by atoms with E-state index in [0.717, 1.165) is 50.0 Å². The molecule has 5 rings (SSSR count). The molecular formula is C30H27ClFN5O4S. The lowest BCUT2D eigenvalue weighted by atomic mass is 9.99. The number of sulfonamides is 1. The van der Waals surface area contributed by atoms with Gasteiger partial charge in [0.1, 0.15) is 5.84 Å². The largest absolute Gasteiger partial charge is 0.383 e. The molecule has 216 valence electrons. The first-order chi connectivity index (χ1) is 20.1. The molecule has 12 heteroatoms. The molecule has 1 fully saturated rings. The molecule has 0 radical (unpaired) electrons. The smallest absolute Gasteiger partial charge is 0.306 e. The zero-order chi connectivity index (χ0) is 29.9. The lowest BCUT2D eigenvalue weighted by Crippen LogP contribution is -2.46. The number of nitrogens with two attached hydrogens (primary N) is 1. The van der Waals surface area contributed by atoms with E-state index in [1.807, 2.05) is 42.5 Å². The maximum absolute atomic E-state index is 13.6. The standard InChI is InChI=1S/C30H27ClFN5O4S/c31-24-9-5-21(6-10-24)27-4-2-1-3-23(27)20-35-15-17-36(18-16-35)25-11-7-22(8-12-25)30(33)34-42(40,41)26-13-14-28(32)29(19-26)37(38)39/h1-14,19H,15-18,20H2,(H2,33,34). The van der Waals surface area contributed by atoms with Crippen molar-refractivity contribution in [3.63, 3.8) is 0 Å². The number of rotatable bonds is 8. The van der Waals surface area contributed by atoms with E-state index in [0.29, 0.717) is 22.7 Å². The molecule has 0 atom stereocenters. The van der Waals surface area contributed by atoms with Crippen molar-refractivity contribution in [2.75, 3.05) is 31.1 Å². The van der Waals surface area contributed by atoms with Crippen molar-refractivity contribution in [1.29, 1.82) is 0 Å². The highest BCUT2D eigenvalue weighted by Crippen LogP contribution is 2.27. The highest BCUT2D eigenvalue weighted by Gasteiger charge is 2.22. The van der Waals surface area contributed by atoms with Crippen molar-refractivity contribution >= 4 is 38.8 Å². The number of benzene rings is 4. The Hall–Kier alpha value is -4.32. The summed E-state index contributed by atoms with van der Waals surface area (Å²) in [7, 11) is -4.40. The van der Waals surface area contributed by atoms with Crippen molar-refractivity contribution in [3.8, 4) is 11.1 Å². The van der Waals surface area contributed by atoms with E-state index in [4.69, 9.17) is 17.3 Å². The first kappa shape index (κ1) is 29.2. The number of nitro groups is 1. The number of hydrogen-bond acceptors (Lipinski definition) is 6. The van der Waals surface area contributed by atoms with E-state index in [1.54, 1.807) is 12.1 Å². The molecule has 0 spiro atoms. The predicted octanol–water partition coefficient (Wildman–Crippen LogP) is 5.47. The Morgan fingerprint density at radius 3 is 2.29 bits per heavy atom. The molecule has 0 amide bonds. The van der Waals surface area contributed by atoms with Gasteiger partial charge in [-0.15, -0.1) is 4.40 Å². The van der Waals surface area contributed by atoms with Crippen LogP contribution in [0.25, 0.3) is 11.1 Å². The fourth-order valence-corrected chi connectivity index (χ4v) is 5.94. The average molecular weight is 608 g/mol. The number of nitro benzene ring substituents is 1. The molecule has 0 unspecified atom stereocenters. The third kappa shape index (κ3) is 6.59. The van der Waals surface area contributed by atoms with Crippen LogP contribution in [-0.2, 0) is 16.6 Å². The molecular weight excluding hydrogens is 581 g/mol. The molecule has 2 N–H and O–H groups in total. The topological polar surface area (TPSA) is 122 Å². The number of amidine groups is 1. The predicted molar refractivity (Wildman–Crippen MR) is 162 cm³/mol. The highest BCUT2D eigenvalue weighted by atomic mass is 35.5. The van der Waals surface area contributed by atoms with Gasteiger partial charge in [0.2, 0.25) is 5.82 Å². The van der Waals surface area contributed by atoms with Crippen molar-refractivity contribution in [3.05, 3.63) is 123 Å². The molecule has 0 bridgehead atoms. The second-order valence-electron chi connectivity index (χ2n) is 9.80. The summed E-state index contributed by atoms with van der Waals surface area (Å²) in [6, 6.07) is 25.5. The summed E-state index contributed by atoms with van der Waals surface area (Å²) in [5.74, 6) is -1.42. The van der Waals surface area contributed by atoms with Crippen LogP contribution in [-0.4, -0.2) is 50.3 Å². The normalized spacial score (nSPS) is 14.6. The van der Waals surface area contributed by atoms with E-state index in [1.165, 1.54) is 11.1 Å². The van der Waals surface area contributed by atoms with Crippen LogP contribution < -0.4 is 10.6 Å². The molecule has 0 aliphatic carbocycles. The summed E-state index contributed by atoms with van der Waals surface area (Å²) in [6.45, 7) is 4.17. The Kier molecular flexibility index (Phi) is 8.53. The Bertz CT molecular complexity index is 1740. The molecule has 1 saturated heterocycles. The number of piperazine rings is 1. The van der Waals surface area contributed by atoms with E-state index in [-0.39, 0.29) is 5.84 Å². The fraction of sp³-hybridized carbons (Fsp3) is 0.167. The number of halogens is 2. The molecule has 4 aromatic carbocycles. The van der Waals surface area contributed by atoms with Crippen molar-refractivity contribution < 1.29 is 17.7 Å². The van der Waals surface area contributed by atoms with Crippen LogP contribution in [0.3, 0.4) is 0 Å². The Balaban J connectivity index is 1.23. The van der Waals surface area contributed by atoms with Crippen LogP contribution in [0.5, 0.6) is 0 Å². The van der Waals surface area contributed by atoms with Crippen LogP contribution in [0, 0.1) is 15.9 Å². The zero-order valence-electron chi connectivity index (χ0n) is 22.4. The van der Waals surface area contributed by atoms with Gasteiger partial charge in [-0.25, -0.2) is 0 Å². The number of nitrogens with zero attached hydrogens (tertiary/aromatic N) is 4. The summed E-state index contributed by atoms with van der Waals surface area (Å²) < 4.78 is 42.6. The molecule has 0 aromatic heterocycles. The molecule has 9 nitrogen and oxygen atoms in total. The lowest BCUT2D eigenvalue weighted by molar-refractivity contribution is -0.387. The van der Waals surface area contributed by atoms with Gasteiger partial charge in [0.25, 0.3) is 10.0 Å². The summed E-state index contributed by atoms with van der Waals surface area (Å²) in [6.07, 6.45) is 0. The van der Waals surface area contributed by atoms with Gasteiger partial charge in [-0.1, -0.05) is 48.0 Å². The van der Waals surface area contributed by atoms with Gasteiger partial charge in [0, 0.05) is 55.1 Å². The van der Waals surface area contributed by atoms with Gasteiger partial charge in [0.15, 0.2) is 0 Å². The highest BCUT2D eigenvalue weighted by molar-refractivity contribution is 7.90. The average Bonchev–Trinajstić information content (AvgIpc) is 2.98. The molecule has 1 aliphatic rings. The SMILES string of the molecule is N/C(=N\S(=O)(=O)c1ccc(F)c([N+](=O)[O-])c1)c1ccc(N2CCN(Cc3ccccc3-c3ccc(Cl)cc3)CC2)cc1. The molecule has 1 aliphatic heterocycles. The summed E-state index contributed by atoms with van der Waals surface area (Å²) in [5, 5.41) is 11.7. The van der Waals surface area contributed by atoms with Crippen LogP contribution in [0.4, 0.5) is 15.8 Å². The first-order valence-corrected chi connectivity index (χ1v) is 14.9. The first-order valence-electron chi connectivity index (χ1n) is 13.1. The zero-order valence-corrected chi connectivity index (χ0v) is 23.9. The second-order valence-corrected chi connectivity index (χ2v) is 11.8. The molecule has 4 aromatic rings. The van der Waals surface area contributed by atoms with Crippen molar-refractivity contribution in [1.82, 2.24) is 4.90 Å². The van der Waals surface area contributed by atoms with Crippen molar-refractivity contribution in [2.45, 2.75) is 11.4 Å². The third-order valence-corrected chi connectivity index (χ3v) is 8.64. The monoisotopic (exact) mass is 607 g/mol. The van der Waals surface area contributed by atoms with Crippen LogP contribution in [0.2, 0.25) is 5.02 Å². The second kappa shape index (κ2) is 12.3. The van der Waals surface area contributed by atoms with E-state index >= 15 is 0 Å². The van der Waals surface area contributed by atoms with Gasteiger partial charge < -0.3 is 10.6 Å². The fourth-order valence-electron chi connectivity index (χ4n) is 4.85. The van der Waals surface area contributed by atoms with Crippen LogP contribution in [0.1, 0.15) is 11.1 Å². The van der Waals surface area contributed by atoms with Gasteiger partial charge >= 0.3 is 5.69 Å². The van der Waals surface area contributed by atoms with Crippen molar-refractivity contribution in [2.24, 2.45) is 10.1 Å². The van der Waals surface area contributed by atoms with E-state index in [9.17, 15) is 22.9 Å². The minimum Gasteiger partial charge on any atom is -0.383 e. The number of hydrogen-bond donors (Lipinski definition) is 1. The minimum absolute atomic E-state index is 0.280. The van der Waals surface area contributed by atoms with E-state index in [2.05, 4.69) is 32.4 Å². The maximum Gasteiger partial charge on any atom is 0.306 e. The van der Waals surface area contributed by atoms with Gasteiger partial charge in [-0.3, -0.25) is 15.0 Å². The molecule has 42 heavy (non-hydrogen) atoms. The summed E-state index contributed by atoms with van der Waals surface area (Å²) in [4.78, 5) is 14.1. The quantitative estimate of drug-likeness (QED) is 0.122. The van der Waals surface area contributed by atoms with Crippen LogP contribution in [0.15, 0.2) is 100 Å². The van der Waals surface area contributed by atoms with Crippen LogP contribution >= 0.6 is 11.6 Å². The Morgan fingerprint density at radius 2 is 1.62 bits per heavy atom. The van der Waals surface area contributed by atoms with Gasteiger partial charge in [-0.05, 0) is 65.2 Å². The maximum atomic E-state index is 13.6. The number of anilines is 1. The van der Waals surface area contributed by atoms with Gasteiger partial charge in [0.05, 0.1) is 9.82 Å².